The first-order valence-corrected chi connectivity index (χ1v) is 10.7. The zero-order valence-electron chi connectivity index (χ0n) is 17.0. The average Bonchev–Trinajstić information content (AvgIpc) is 3.15. The number of hydrogen-bond acceptors (Lipinski definition) is 5. The maximum absolute atomic E-state index is 14.2. The van der Waals surface area contributed by atoms with Crippen LogP contribution in [0.3, 0.4) is 0 Å². The first-order valence-electron chi connectivity index (χ1n) is 9.82. The number of halogens is 2. The first kappa shape index (κ1) is 20.9. The van der Waals surface area contributed by atoms with Crippen molar-refractivity contribution in [1.29, 1.82) is 0 Å². The van der Waals surface area contributed by atoms with E-state index in [1.54, 1.807) is 16.8 Å². The molecule has 4 rings (SSSR count). The Bertz CT molecular complexity index is 1240. The third kappa shape index (κ3) is 4.41. The average molecular weight is 442 g/mol. The lowest BCUT2D eigenvalue weighted by Gasteiger charge is -2.18. The summed E-state index contributed by atoms with van der Waals surface area (Å²) in [7, 11) is 0. The molecule has 3 aromatic rings. The van der Waals surface area contributed by atoms with E-state index in [0.29, 0.717) is 16.2 Å². The molecule has 160 valence electrons. The summed E-state index contributed by atoms with van der Waals surface area (Å²) < 4.78 is 34.5. The van der Waals surface area contributed by atoms with Crippen LogP contribution in [-0.4, -0.2) is 22.9 Å². The summed E-state index contributed by atoms with van der Waals surface area (Å²) >= 11 is 1.29. The van der Waals surface area contributed by atoms with Gasteiger partial charge in [-0.1, -0.05) is 13.8 Å². The summed E-state index contributed by atoms with van der Waals surface area (Å²) in [6, 6.07) is 8.72. The molecule has 0 saturated carbocycles. The van der Waals surface area contributed by atoms with Gasteiger partial charge in [0.1, 0.15) is 17.3 Å². The van der Waals surface area contributed by atoms with Crippen molar-refractivity contribution in [3.8, 4) is 17.0 Å². The van der Waals surface area contributed by atoms with Crippen LogP contribution in [0.2, 0.25) is 0 Å². The molecular formula is C22H20F2N4O2S. The highest BCUT2D eigenvalue weighted by molar-refractivity contribution is 7.07. The van der Waals surface area contributed by atoms with Crippen LogP contribution in [0.1, 0.15) is 26.7 Å². The van der Waals surface area contributed by atoms with Gasteiger partial charge in [-0.2, -0.15) is 5.10 Å². The standard InChI is InChI=1S/C22H20F2N4O2S/c1-3-15(4-2)27-28-19(13-5-8-20-18(9-13)25-21(29)11-30-20)12-31-22(28)26-17-7-6-14(23)10-16(17)24/h5-10,12H,3-4,11H2,1-2H3,(H,25,29). The number of nitrogens with one attached hydrogen (secondary N) is 1. The topological polar surface area (TPSA) is 68.0 Å². The van der Waals surface area contributed by atoms with Crippen molar-refractivity contribution in [1.82, 2.24) is 4.68 Å². The highest BCUT2D eigenvalue weighted by atomic mass is 32.1. The number of fused-ring (bicyclic) bond motifs is 1. The summed E-state index contributed by atoms with van der Waals surface area (Å²) in [5.74, 6) is -1.03. The van der Waals surface area contributed by atoms with Crippen LogP contribution >= 0.6 is 11.3 Å². The smallest absolute Gasteiger partial charge is 0.262 e. The molecule has 0 saturated heterocycles. The van der Waals surface area contributed by atoms with Crippen molar-refractivity contribution in [3.63, 3.8) is 0 Å². The molecule has 0 fully saturated rings. The van der Waals surface area contributed by atoms with Gasteiger partial charge in [-0.15, -0.1) is 11.3 Å². The molecule has 9 heteroatoms. The summed E-state index contributed by atoms with van der Waals surface area (Å²) in [5.41, 5.74) is 3.06. The third-order valence-corrected chi connectivity index (χ3v) is 5.59. The number of thiazole rings is 1. The number of benzene rings is 2. The minimum absolute atomic E-state index is 0.0162. The molecule has 0 atom stereocenters. The Labute approximate surface area is 181 Å². The van der Waals surface area contributed by atoms with Crippen LogP contribution in [0.15, 0.2) is 51.9 Å². The van der Waals surface area contributed by atoms with Crippen LogP contribution in [-0.2, 0) is 4.79 Å². The lowest BCUT2D eigenvalue weighted by Crippen LogP contribution is -2.25. The fraction of sp³-hybridized carbons (Fsp3) is 0.227. The van der Waals surface area contributed by atoms with Gasteiger partial charge in [-0.05, 0) is 43.2 Å². The van der Waals surface area contributed by atoms with Gasteiger partial charge in [0.15, 0.2) is 12.4 Å². The summed E-state index contributed by atoms with van der Waals surface area (Å²) in [6.07, 6.45) is 1.49. The lowest BCUT2D eigenvalue weighted by atomic mass is 10.1. The predicted octanol–water partition coefficient (Wildman–Crippen LogP) is 5.08. The molecule has 31 heavy (non-hydrogen) atoms. The van der Waals surface area contributed by atoms with Gasteiger partial charge in [0, 0.05) is 22.7 Å². The van der Waals surface area contributed by atoms with Crippen molar-refractivity contribution in [2.75, 3.05) is 11.9 Å². The van der Waals surface area contributed by atoms with Crippen molar-refractivity contribution < 1.29 is 18.3 Å². The van der Waals surface area contributed by atoms with E-state index in [2.05, 4.69) is 10.3 Å². The molecule has 0 aliphatic carbocycles. The Morgan fingerprint density at radius 1 is 1.19 bits per heavy atom. The molecule has 0 spiro atoms. The number of aromatic nitrogens is 1. The fourth-order valence-electron chi connectivity index (χ4n) is 3.12. The second-order valence-electron chi connectivity index (χ2n) is 6.84. The number of nitrogens with zero attached hydrogens (tertiary/aromatic N) is 3. The maximum Gasteiger partial charge on any atom is 0.262 e. The highest BCUT2D eigenvalue weighted by Crippen LogP contribution is 2.33. The monoisotopic (exact) mass is 442 g/mol. The van der Waals surface area contributed by atoms with Crippen LogP contribution in [0.5, 0.6) is 5.75 Å². The first-order chi connectivity index (χ1) is 15.0. The minimum Gasteiger partial charge on any atom is -0.482 e. The van der Waals surface area contributed by atoms with Crippen LogP contribution in [0.25, 0.3) is 11.3 Å². The van der Waals surface area contributed by atoms with E-state index in [1.807, 2.05) is 25.3 Å². The zero-order valence-corrected chi connectivity index (χ0v) is 17.8. The number of amides is 1. The van der Waals surface area contributed by atoms with Gasteiger partial charge in [0.25, 0.3) is 5.91 Å². The normalized spacial score (nSPS) is 13.4. The molecular weight excluding hydrogens is 422 g/mol. The Balaban J connectivity index is 1.88. The third-order valence-electron chi connectivity index (χ3n) is 4.78. The predicted molar refractivity (Wildman–Crippen MR) is 117 cm³/mol. The van der Waals surface area contributed by atoms with Crippen molar-refractivity contribution in [3.05, 3.63) is 58.2 Å². The molecule has 1 aliphatic rings. The summed E-state index contributed by atoms with van der Waals surface area (Å²) in [6.45, 7) is 4.01. The molecule has 0 unspecified atom stereocenters. The Morgan fingerprint density at radius 2 is 2.00 bits per heavy atom. The summed E-state index contributed by atoms with van der Waals surface area (Å²) in [5, 5.41) is 9.40. The van der Waals surface area contributed by atoms with E-state index in [4.69, 9.17) is 9.84 Å². The van der Waals surface area contributed by atoms with Gasteiger partial charge in [0.05, 0.1) is 11.4 Å². The Morgan fingerprint density at radius 3 is 2.74 bits per heavy atom. The zero-order chi connectivity index (χ0) is 22.0. The Kier molecular flexibility index (Phi) is 5.94. The van der Waals surface area contributed by atoms with E-state index in [9.17, 15) is 13.6 Å². The molecule has 1 amide bonds. The fourth-order valence-corrected chi connectivity index (χ4v) is 3.97. The van der Waals surface area contributed by atoms with Crippen LogP contribution in [0.4, 0.5) is 20.2 Å². The molecule has 2 heterocycles. The molecule has 1 aliphatic heterocycles. The molecule has 2 aromatic carbocycles. The second-order valence-corrected chi connectivity index (χ2v) is 7.68. The molecule has 1 N–H and O–H groups in total. The van der Waals surface area contributed by atoms with Crippen LogP contribution in [0, 0.1) is 11.6 Å². The SMILES string of the molecule is CCC(CC)=Nn1c(-c2ccc3c(c2)NC(=O)CO3)csc1=Nc1ccc(F)cc1F. The van der Waals surface area contributed by atoms with Crippen molar-refractivity contribution in [2.24, 2.45) is 10.1 Å². The van der Waals surface area contributed by atoms with E-state index >= 15 is 0 Å². The number of carbonyl (C=O) groups excluding carboxylic acids is 1. The van der Waals surface area contributed by atoms with Gasteiger partial charge in [-0.3, -0.25) is 4.79 Å². The number of hydrogen-bond donors (Lipinski definition) is 1. The molecule has 1 aromatic heterocycles. The molecule has 6 nitrogen and oxygen atoms in total. The lowest BCUT2D eigenvalue weighted by molar-refractivity contribution is -0.118. The Hall–Kier alpha value is -3.33. The van der Waals surface area contributed by atoms with E-state index in [-0.39, 0.29) is 18.2 Å². The quantitative estimate of drug-likeness (QED) is 0.560. The molecule has 0 bridgehead atoms. The van der Waals surface area contributed by atoms with Crippen LogP contribution < -0.4 is 14.9 Å². The van der Waals surface area contributed by atoms with Gasteiger partial charge in [0.2, 0.25) is 4.80 Å². The molecule has 0 radical (unpaired) electrons. The number of carbonyl (C=O) groups is 1. The van der Waals surface area contributed by atoms with Crippen molar-refractivity contribution in [2.45, 2.75) is 26.7 Å². The largest absolute Gasteiger partial charge is 0.482 e. The van der Waals surface area contributed by atoms with Gasteiger partial charge < -0.3 is 10.1 Å². The maximum atomic E-state index is 14.2. The number of ether oxygens (including phenoxy) is 1. The van der Waals surface area contributed by atoms with E-state index < -0.39 is 11.6 Å². The second kappa shape index (κ2) is 8.81. The van der Waals surface area contributed by atoms with Gasteiger partial charge >= 0.3 is 0 Å². The van der Waals surface area contributed by atoms with E-state index in [1.165, 1.54) is 23.5 Å². The van der Waals surface area contributed by atoms with Crippen molar-refractivity contribution >= 4 is 34.3 Å². The minimum atomic E-state index is -0.745. The number of rotatable bonds is 5. The summed E-state index contributed by atoms with van der Waals surface area (Å²) in [4.78, 5) is 16.5. The highest BCUT2D eigenvalue weighted by Gasteiger charge is 2.18. The van der Waals surface area contributed by atoms with Gasteiger partial charge in [-0.25, -0.2) is 18.4 Å². The van der Waals surface area contributed by atoms with E-state index in [0.717, 1.165) is 35.9 Å². The number of anilines is 1.